The van der Waals surface area contributed by atoms with E-state index in [1.165, 1.54) is 6.07 Å². The first-order valence-electron chi connectivity index (χ1n) is 11.8. The number of carbonyl (C=O) groups is 2. The van der Waals surface area contributed by atoms with Gasteiger partial charge in [0.25, 0.3) is 0 Å². The smallest absolute Gasteiger partial charge is 0.248 e. The maximum Gasteiger partial charge on any atom is 0.248 e. The van der Waals surface area contributed by atoms with Crippen molar-refractivity contribution in [2.75, 3.05) is 11.6 Å². The van der Waals surface area contributed by atoms with Crippen LogP contribution in [0.15, 0.2) is 59.6 Å². The van der Waals surface area contributed by atoms with Gasteiger partial charge in [0.1, 0.15) is 0 Å². The van der Waals surface area contributed by atoms with Crippen LogP contribution in [0, 0.1) is 5.92 Å². The summed E-state index contributed by atoms with van der Waals surface area (Å²) in [6.45, 7) is 0.461. The van der Waals surface area contributed by atoms with E-state index in [0.29, 0.717) is 35.8 Å². The summed E-state index contributed by atoms with van der Waals surface area (Å²) in [6.07, 6.45) is 7.98. The Hall–Kier alpha value is -3.17. The van der Waals surface area contributed by atoms with E-state index in [2.05, 4.69) is 10.4 Å². The maximum atomic E-state index is 13.4. The predicted molar refractivity (Wildman–Crippen MR) is 139 cm³/mol. The average molecular weight is 529 g/mol. The van der Waals surface area contributed by atoms with E-state index >= 15 is 0 Å². The minimum atomic E-state index is -3.47. The third-order valence-corrected chi connectivity index (χ3v) is 8.17. The van der Waals surface area contributed by atoms with E-state index in [0.717, 1.165) is 37.5 Å². The van der Waals surface area contributed by atoms with Crippen molar-refractivity contribution in [2.24, 2.45) is 11.7 Å². The minimum Gasteiger partial charge on any atom is -0.366 e. The molecular weight excluding hydrogens is 500 g/mol. The highest BCUT2D eigenvalue weighted by molar-refractivity contribution is 7.90. The van der Waals surface area contributed by atoms with Crippen molar-refractivity contribution in [1.29, 1.82) is 0 Å². The van der Waals surface area contributed by atoms with Crippen LogP contribution in [0.5, 0.6) is 0 Å². The molecule has 0 bridgehead atoms. The van der Waals surface area contributed by atoms with Crippen LogP contribution in [0.25, 0.3) is 0 Å². The van der Waals surface area contributed by atoms with Gasteiger partial charge in [-0.2, -0.15) is 5.10 Å². The summed E-state index contributed by atoms with van der Waals surface area (Å²) in [6, 6.07) is 13.4. The molecular formula is C26H29ClN4O4S. The first-order chi connectivity index (χ1) is 17.1. The van der Waals surface area contributed by atoms with Crippen LogP contribution in [0.2, 0.25) is 5.02 Å². The number of nitrogens with two attached hydrogens (primary N) is 1. The molecule has 0 saturated heterocycles. The number of rotatable bonds is 9. The molecule has 3 N–H and O–H groups in total. The molecule has 2 aromatic carbocycles. The predicted octanol–water partition coefficient (Wildman–Crippen LogP) is 4.39. The molecule has 1 unspecified atom stereocenters. The first-order valence-corrected chi connectivity index (χ1v) is 14.1. The Balaban J connectivity index is 1.50. The highest BCUT2D eigenvalue weighted by Gasteiger charge is 2.28. The van der Waals surface area contributed by atoms with Crippen molar-refractivity contribution in [1.82, 2.24) is 9.78 Å². The van der Waals surface area contributed by atoms with Gasteiger partial charge in [0.15, 0.2) is 15.7 Å². The number of hydrogen-bond donors (Lipinski definition) is 2. The summed E-state index contributed by atoms with van der Waals surface area (Å²) < 4.78 is 25.6. The van der Waals surface area contributed by atoms with Gasteiger partial charge in [-0.3, -0.25) is 14.3 Å². The van der Waals surface area contributed by atoms with Crippen LogP contribution in [0.3, 0.4) is 0 Å². The molecule has 3 aromatic rings. The topological polar surface area (TPSA) is 124 Å². The zero-order valence-electron chi connectivity index (χ0n) is 20.0. The summed E-state index contributed by atoms with van der Waals surface area (Å²) in [5, 5.41) is 7.49. The highest BCUT2D eigenvalue weighted by Crippen LogP contribution is 2.36. The number of aromatic nitrogens is 2. The lowest BCUT2D eigenvalue weighted by atomic mass is 9.87. The van der Waals surface area contributed by atoms with Crippen molar-refractivity contribution < 1.29 is 18.0 Å². The molecule has 1 aliphatic carbocycles. The molecule has 1 aromatic heterocycles. The number of amides is 2. The number of carbonyl (C=O) groups excluding carboxylic acids is 2. The molecule has 10 heteroatoms. The number of nitrogens with one attached hydrogen (secondary N) is 1. The zero-order chi connectivity index (χ0) is 25.9. The Morgan fingerprint density at radius 3 is 2.44 bits per heavy atom. The molecule has 1 fully saturated rings. The second-order valence-electron chi connectivity index (χ2n) is 9.35. The van der Waals surface area contributed by atoms with E-state index < -0.39 is 21.7 Å². The van der Waals surface area contributed by atoms with Crippen LogP contribution in [-0.4, -0.2) is 36.3 Å². The van der Waals surface area contributed by atoms with Gasteiger partial charge in [-0.25, -0.2) is 8.42 Å². The van der Waals surface area contributed by atoms with Crippen LogP contribution < -0.4 is 11.1 Å². The van der Waals surface area contributed by atoms with Crippen molar-refractivity contribution in [3.8, 4) is 0 Å². The van der Waals surface area contributed by atoms with E-state index in [1.807, 2.05) is 12.1 Å². The molecule has 4 rings (SSSR count). The van der Waals surface area contributed by atoms with Crippen molar-refractivity contribution in [2.45, 2.75) is 49.5 Å². The fraction of sp³-hybridized carbons (Fsp3) is 0.346. The van der Waals surface area contributed by atoms with Crippen LogP contribution in [0.4, 0.5) is 5.82 Å². The van der Waals surface area contributed by atoms with Crippen LogP contribution in [0.1, 0.15) is 59.5 Å². The lowest BCUT2D eigenvalue weighted by Crippen LogP contribution is -2.23. The summed E-state index contributed by atoms with van der Waals surface area (Å²) in [5.74, 6) is -0.323. The number of primary amides is 1. The monoisotopic (exact) mass is 528 g/mol. The van der Waals surface area contributed by atoms with Gasteiger partial charge in [0.2, 0.25) is 11.8 Å². The second-order valence-corrected chi connectivity index (χ2v) is 11.7. The summed E-state index contributed by atoms with van der Waals surface area (Å²) in [4.78, 5) is 24.7. The first kappa shape index (κ1) is 25.9. The summed E-state index contributed by atoms with van der Waals surface area (Å²) >= 11 is 6.29. The third kappa shape index (κ3) is 6.33. The number of sulfone groups is 1. The van der Waals surface area contributed by atoms with Gasteiger partial charge in [0, 0.05) is 24.1 Å². The molecule has 0 radical (unpaired) electrons. The molecule has 0 spiro atoms. The van der Waals surface area contributed by atoms with Crippen molar-refractivity contribution in [3.63, 3.8) is 0 Å². The number of benzene rings is 2. The zero-order valence-corrected chi connectivity index (χ0v) is 21.6. The van der Waals surface area contributed by atoms with Gasteiger partial charge >= 0.3 is 0 Å². The Labute approximate surface area is 215 Å². The molecule has 1 heterocycles. The Morgan fingerprint density at radius 1 is 1.14 bits per heavy atom. The van der Waals surface area contributed by atoms with Gasteiger partial charge in [-0.15, -0.1) is 0 Å². The molecule has 0 aliphatic heterocycles. The molecule has 1 aliphatic rings. The summed E-state index contributed by atoms with van der Waals surface area (Å²) in [5.41, 5.74) is 7.34. The Morgan fingerprint density at radius 2 is 1.83 bits per heavy atom. The van der Waals surface area contributed by atoms with Crippen molar-refractivity contribution in [3.05, 3.63) is 76.4 Å². The van der Waals surface area contributed by atoms with E-state index in [4.69, 9.17) is 17.3 Å². The molecule has 36 heavy (non-hydrogen) atoms. The molecule has 2 amide bonds. The Bertz CT molecular complexity index is 1360. The van der Waals surface area contributed by atoms with E-state index in [-0.39, 0.29) is 15.8 Å². The fourth-order valence-corrected chi connectivity index (χ4v) is 6.04. The van der Waals surface area contributed by atoms with Gasteiger partial charge < -0.3 is 11.1 Å². The number of anilines is 1. The number of hydrogen-bond acceptors (Lipinski definition) is 5. The van der Waals surface area contributed by atoms with Gasteiger partial charge in [-0.05, 0) is 47.7 Å². The van der Waals surface area contributed by atoms with Gasteiger partial charge in [-0.1, -0.05) is 55.5 Å². The third-order valence-electron chi connectivity index (χ3n) is 6.59. The lowest BCUT2D eigenvalue weighted by molar-refractivity contribution is -0.118. The lowest BCUT2D eigenvalue weighted by Gasteiger charge is -2.21. The second kappa shape index (κ2) is 10.8. The standard InChI is InChI=1S/C26H29ClN4O4S/c1-36(34,35)23-11-10-20(15-22(23)27)21(14-17-4-2-3-5-17)26(33)29-24-12-13-31(30-24)16-18-6-8-19(9-7-18)25(28)32/h6-13,15,17,21H,2-5,14,16H2,1H3,(H2,28,32)(H,29,30,33). The Kier molecular flexibility index (Phi) is 7.80. The van der Waals surface area contributed by atoms with Gasteiger partial charge in [0.05, 0.1) is 22.4 Å². The molecule has 190 valence electrons. The quantitative estimate of drug-likeness (QED) is 0.426. The normalized spacial score (nSPS) is 15.1. The minimum absolute atomic E-state index is 0.0514. The largest absolute Gasteiger partial charge is 0.366 e. The van der Waals surface area contributed by atoms with E-state index in [9.17, 15) is 18.0 Å². The van der Waals surface area contributed by atoms with E-state index in [1.54, 1.807) is 41.2 Å². The SMILES string of the molecule is CS(=O)(=O)c1ccc(C(CC2CCCC2)C(=O)Nc2ccn(Cc3ccc(C(N)=O)cc3)n2)cc1Cl. The molecule has 8 nitrogen and oxygen atoms in total. The maximum absolute atomic E-state index is 13.4. The molecule has 1 saturated carbocycles. The van der Waals surface area contributed by atoms with Crippen LogP contribution >= 0.6 is 11.6 Å². The number of halogens is 1. The van der Waals surface area contributed by atoms with Crippen molar-refractivity contribution >= 4 is 39.1 Å². The summed E-state index contributed by atoms with van der Waals surface area (Å²) in [7, 11) is -3.47. The fourth-order valence-electron chi connectivity index (χ4n) is 4.70. The average Bonchev–Trinajstić information content (AvgIpc) is 3.49. The highest BCUT2D eigenvalue weighted by atomic mass is 35.5. The number of nitrogens with zero attached hydrogens (tertiary/aromatic N) is 2. The van der Waals surface area contributed by atoms with Crippen LogP contribution in [-0.2, 0) is 21.2 Å². The molecule has 1 atom stereocenters.